The van der Waals surface area contributed by atoms with Crippen LogP contribution in [0.15, 0.2) is 47.4 Å². The van der Waals surface area contributed by atoms with Crippen molar-refractivity contribution in [3.8, 4) is 11.5 Å². The number of amides is 1. The number of hydrogen-bond acceptors (Lipinski definition) is 5. The quantitative estimate of drug-likeness (QED) is 0.458. The van der Waals surface area contributed by atoms with E-state index in [-0.39, 0.29) is 5.91 Å². The largest absolute Gasteiger partial charge is 0.490 e. The Bertz CT molecular complexity index is 860. The van der Waals surface area contributed by atoms with Crippen LogP contribution in [0, 0.1) is 13.8 Å². The van der Waals surface area contributed by atoms with Crippen LogP contribution >= 0.6 is 24.0 Å². The summed E-state index contributed by atoms with van der Waals surface area (Å²) in [5.74, 6) is 1.49. The Morgan fingerprint density at radius 3 is 2.46 bits per heavy atom. The number of thiocarbonyl (C=S) groups is 1. The number of carbonyl (C=O) groups excluding carboxylic acids is 1. The van der Waals surface area contributed by atoms with Crippen molar-refractivity contribution in [2.45, 2.75) is 13.8 Å². The number of thioether (sulfide) groups is 1. The second-order valence-corrected chi connectivity index (χ2v) is 7.61. The first-order valence-electron chi connectivity index (χ1n) is 8.19. The standard InChI is InChI=1S/C20H19NO3S2/c1-13-3-8-17(14(2)11-13)24-10-9-23-16-6-4-15(5-7-16)12-18-19(22)21-20(25)26-18/h3-8,11-12H,9-10H2,1-2H3,(H,21,22,25)/b18-12-. The van der Waals surface area contributed by atoms with Crippen LogP contribution < -0.4 is 14.8 Å². The van der Waals surface area contributed by atoms with Gasteiger partial charge in [-0.05, 0) is 49.2 Å². The third-order valence-electron chi connectivity index (χ3n) is 3.76. The van der Waals surface area contributed by atoms with Crippen LogP contribution in [-0.4, -0.2) is 23.4 Å². The number of nitrogens with one attached hydrogen (secondary N) is 1. The normalized spacial score (nSPS) is 15.2. The Morgan fingerprint density at radius 1 is 1.08 bits per heavy atom. The minimum Gasteiger partial charge on any atom is -0.490 e. The van der Waals surface area contributed by atoms with E-state index in [9.17, 15) is 4.79 Å². The zero-order valence-electron chi connectivity index (χ0n) is 14.6. The number of rotatable bonds is 6. The maximum absolute atomic E-state index is 11.7. The second kappa shape index (κ2) is 8.38. The molecule has 0 aliphatic carbocycles. The molecule has 6 heteroatoms. The highest BCUT2D eigenvalue weighted by atomic mass is 32.2. The summed E-state index contributed by atoms with van der Waals surface area (Å²) in [6.45, 7) is 5.03. The summed E-state index contributed by atoms with van der Waals surface area (Å²) in [5, 5.41) is 2.60. The molecule has 1 N–H and O–H groups in total. The first-order valence-corrected chi connectivity index (χ1v) is 9.41. The molecule has 1 fully saturated rings. The van der Waals surface area contributed by atoms with E-state index < -0.39 is 0 Å². The minimum absolute atomic E-state index is 0.149. The van der Waals surface area contributed by atoms with E-state index in [1.807, 2.05) is 49.4 Å². The van der Waals surface area contributed by atoms with E-state index in [4.69, 9.17) is 21.7 Å². The van der Waals surface area contributed by atoms with Gasteiger partial charge in [-0.3, -0.25) is 4.79 Å². The Balaban J connectivity index is 1.49. The van der Waals surface area contributed by atoms with Gasteiger partial charge in [0.2, 0.25) is 0 Å². The SMILES string of the molecule is Cc1ccc(OCCOc2ccc(/C=C3\SC(=S)NC3=O)cc2)c(C)c1. The van der Waals surface area contributed by atoms with E-state index in [0.717, 1.165) is 22.6 Å². The van der Waals surface area contributed by atoms with Gasteiger partial charge in [-0.1, -0.05) is 53.8 Å². The number of ether oxygens (including phenoxy) is 2. The van der Waals surface area contributed by atoms with Gasteiger partial charge in [0.25, 0.3) is 5.91 Å². The summed E-state index contributed by atoms with van der Waals surface area (Å²) in [4.78, 5) is 12.3. The molecule has 1 heterocycles. The van der Waals surface area contributed by atoms with Crippen LogP contribution in [0.3, 0.4) is 0 Å². The van der Waals surface area contributed by atoms with Gasteiger partial charge >= 0.3 is 0 Å². The molecule has 2 aromatic carbocycles. The van der Waals surface area contributed by atoms with Gasteiger partial charge in [-0.2, -0.15) is 0 Å². The van der Waals surface area contributed by atoms with Crippen LogP contribution in [0.2, 0.25) is 0 Å². The van der Waals surface area contributed by atoms with Crippen molar-refractivity contribution in [3.05, 3.63) is 64.1 Å². The van der Waals surface area contributed by atoms with E-state index >= 15 is 0 Å². The maximum atomic E-state index is 11.7. The highest BCUT2D eigenvalue weighted by molar-refractivity contribution is 8.26. The van der Waals surface area contributed by atoms with Gasteiger partial charge in [0.05, 0.1) is 4.91 Å². The molecule has 26 heavy (non-hydrogen) atoms. The third-order valence-corrected chi connectivity index (χ3v) is 4.92. The molecule has 0 atom stereocenters. The van der Waals surface area contributed by atoms with Crippen molar-refractivity contribution >= 4 is 40.3 Å². The van der Waals surface area contributed by atoms with Crippen LogP contribution in [0.1, 0.15) is 16.7 Å². The van der Waals surface area contributed by atoms with Crippen LogP contribution in [-0.2, 0) is 4.79 Å². The Hall–Kier alpha value is -2.31. The lowest BCUT2D eigenvalue weighted by molar-refractivity contribution is -0.115. The molecular formula is C20H19NO3S2. The number of aryl methyl sites for hydroxylation is 2. The molecule has 4 nitrogen and oxygen atoms in total. The van der Waals surface area contributed by atoms with Crippen molar-refractivity contribution in [3.63, 3.8) is 0 Å². The zero-order chi connectivity index (χ0) is 18.5. The molecule has 0 saturated carbocycles. The first-order chi connectivity index (χ1) is 12.5. The van der Waals surface area contributed by atoms with Gasteiger partial charge in [0.15, 0.2) is 0 Å². The summed E-state index contributed by atoms with van der Waals surface area (Å²) in [6, 6.07) is 13.7. The fourth-order valence-electron chi connectivity index (χ4n) is 2.51. The van der Waals surface area contributed by atoms with Crippen molar-refractivity contribution in [2.24, 2.45) is 0 Å². The molecule has 0 bridgehead atoms. The molecule has 134 valence electrons. The molecular weight excluding hydrogens is 366 g/mol. The van der Waals surface area contributed by atoms with Gasteiger partial charge in [-0.15, -0.1) is 0 Å². The fourth-order valence-corrected chi connectivity index (χ4v) is 3.55. The lowest BCUT2D eigenvalue weighted by Crippen LogP contribution is -2.17. The summed E-state index contributed by atoms with van der Waals surface area (Å²) >= 11 is 6.25. The Labute approximate surface area is 162 Å². The van der Waals surface area contributed by atoms with Crippen LogP contribution in [0.5, 0.6) is 11.5 Å². The van der Waals surface area contributed by atoms with Crippen LogP contribution in [0.4, 0.5) is 0 Å². The molecule has 1 saturated heterocycles. The Morgan fingerprint density at radius 2 is 1.81 bits per heavy atom. The van der Waals surface area contributed by atoms with Crippen LogP contribution in [0.25, 0.3) is 6.08 Å². The molecule has 2 aromatic rings. The van der Waals surface area contributed by atoms with E-state index in [1.165, 1.54) is 17.3 Å². The maximum Gasteiger partial charge on any atom is 0.263 e. The molecule has 0 aromatic heterocycles. The van der Waals surface area contributed by atoms with Crippen molar-refractivity contribution in [1.82, 2.24) is 5.32 Å². The monoisotopic (exact) mass is 385 g/mol. The third kappa shape index (κ3) is 4.86. The minimum atomic E-state index is -0.149. The highest BCUT2D eigenvalue weighted by Crippen LogP contribution is 2.26. The summed E-state index contributed by atoms with van der Waals surface area (Å²) in [5.41, 5.74) is 3.26. The summed E-state index contributed by atoms with van der Waals surface area (Å²) < 4.78 is 11.9. The second-order valence-electron chi connectivity index (χ2n) is 5.89. The average Bonchev–Trinajstić information content (AvgIpc) is 2.92. The average molecular weight is 386 g/mol. The van der Waals surface area contributed by atoms with E-state index in [0.29, 0.717) is 22.4 Å². The van der Waals surface area contributed by atoms with Crippen molar-refractivity contribution < 1.29 is 14.3 Å². The first kappa shape index (κ1) is 18.5. The van der Waals surface area contributed by atoms with Gasteiger partial charge in [0.1, 0.15) is 29.0 Å². The topological polar surface area (TPSA) is 47.6 Å². The van der Waals surface area contributed by atoms with Gasteiger partial charge in [-0.25, -0.2) is 0 Å². The Kier molecular flexibility index (Phi) is 5.96. The number of carbonyl (C=O) groups is 1. The molecule has 3 rings (SSSR count). The summed E-state index contributed by atoms with van der Waals surface area (Å²) in [7, 11) is 0. The summed E-state index contributed by atoms with van der Waals surface area (Å²) in [6.07, 6.45) is 1.81. The van der Waals surface area contributed by atoms with Gasteiger partial charge in [0, 0.05) is 0 Å². The van der Waals surface area contributed by atoms with Crippen molar-refractivity contribution in [2.75, 3.05) is 13.2 Å². The smallest absolute Gasteiger partial charge is 0.263 e. The lowest BCUT2D eigenvalue weighted by Gasteiger charge is -2.11. The molecule has 1 aliphatic heterocycles. The molecule has 1 amide bonds. The lowest BCUT2D eigenvalue weighted by atomic mass is 10.1. The molecule has 0 radical (unpaired) electrons. The predicted octanol–water partition coefficient (Wildman–Crippen LogP) is 4.25. The number of benzene rings is 2. The molecule has 0 spiro atoms. The highest BCUT2D eigenvalue weighted by Gasteiger charge is 2.21. The number of hydrogen-bond donors (Lipinski definition) is 1. The van der Waals surface area contributed by atoms with E-state index in [1.54, 1.807) is 0 Å². The zero-order valence-corrected chi connectivity index (χ0v) is 16.2. The molecule has 0 unspecified atom stereocenters. The van der Waals surface area contributed by atoms with Gasteiger partial charge < -0.3 is 14.8 Å². The molecule has 1 aliphatic rings. The van der Waals surface area contributed by atoms with Crippen molar-refractivity contribution in [1.29, 1.82) is 0 Å². The van der Waals surface area contributed by atoms with E-state index in [2.05, 4.69) is 18.3 Å². The fraction of sp³-hybridized carbons (Fsp3) is 0.200. The predicted molar refractivity (Wildman–Crippen MR) is 110 cm³/mol.